The number of rotatable bonds is 3. The fourth-order valence-electron chi connectivity index (χ4n) is 1.92. The van der Waals surface area contributed by atoms with E-state index in [1.165, 1.54) is 0 Å². The van der Waals surface area contributed by atoms with Crippen LogP contribution < -0.4 is 5.32 Å². The maximum atomic E-state index is 11.9. The highest BCUT2D eigenvalue weighted by Gasteiger charge is 2.34. The first kappa shape index (κ1) is 12.1. The van der Waals surface area contributed by atoms with Gasteiger partial charge in [0, 0.05) is 18.9 Å². The van der Waals surface area contributed by atoms with Gasteiger partial charge in [-0.3, -0.25) is 9.89 Å². The van der Waals surface area contributed by atoms with Crippen LogP contribution in [-0.2, 0) is 4.74 Å². The highest BCUT2D eigenvalue weighted by molar-refractivity contribution is 5.92. The molecule has 0 atom stereocenters. The summed E-state index contributed by atoms with van der Waals surface area (Å²) in [5.41, 5.74) is 0.615. The molecule has 2 heterocycles. The Balaban J connectivity index is 2.05. The number of nitrogens with zero attached hydrogens (tertiary/aromatic N) is 1. The zero-order valence-corrected chi connectivity index (χ0v) is 9.82. The second-order valence-corrected chi connectivity index (χ2v) is 4.44. The molecule has 6 heteroatoms. The third-order valence-electron chi connectivity index (χ3n) is 3.07. The molecule has 0 unspecified atom stereocenters. The van der Waals surface area contributed by atoms with Crippen LogP contribution in [-0.4, -0.2) is 46.6 Å². The molecular weight excluding hydrogens is 222 g/mol. The summed E-state index contributed by atoms with van der Waals surface area (Å²) in [6, 6.07) is 1.68. The standard InChI is InChI=1S/C11H17N3O3/c1-8-6-9(14-13-8)10(16)12-11(7-15)2-4-17-5-3-11/h6,15H,2-5,7H2,1H3,(H,12,16)(H,13,14). The smallest absolute Gasteiger partial charge is 0.272 e. The average molecular weight is 239 g/mol. The number of aryl methyl sites for hydroxylation is 1. The van der Waals surface area contributed by atoms with E-state index in [4.69, 9.17) is 4.74 Å². The van der Waals surface area contributed by atoms with Crippen molar-refractivity contribution in [3.63, 3.8) is 0 Å². The number of nitrogens with one attached hydrogen (secondary N) is 2. The lowest BCUT2D eigenvalue weighted by Crippen LogP contribution is -2.54. The number of aliphatic hydroxyl groups excluding tert-OH is 1. The minimum atomic E-state index is -0.567. The number of aromatic nitrogens is 2. The van der Waals surface area contributed by atoms with Crippen molar-refractivity contribution in [1.29, 1.82) is 0 Å². The highest BCUT2D eigenvalue weighted by Crippen LogP contribution is 2.20. The Morgan fingerprint density at radius 2 is 2.35 bits per heavy atom. The van der Waals surface area contributed by atoms with Gasteiger partial charge in [0.25, 0.3) is 5.91 Å². The van der Waals surface area contributed by atoms with Gasteiger partial charge in [0.1, 0.15) is 5.69 Å². The number of hydrogen-bond donors (Lipinski definition) is 3. The van der Waals surface area contributed by atoms with Gasteiger partial charge >= 0.3 is 0 Å². The third-order valence-corrected chi connectivity index (χ3v) is 3.07. The van der Waals surface area contributed by atoms with Crippen molar-refractivity contribution >= 4 is 5.91 Å². The van der Waals surface area contributed by atoms with E-state index in [0.29, 0.717) is 31.7 Å². The first-order valence-corrected chi connectivity index (χ1v) is 5.68. The largest absolute Gasteiger partial charge is 0.394 e. The van der Waals surface area contributed by atoms with Gasteiger partial charge in [0.2, 0.25) is 0 Å². The Morgan fingerprint density at radius 1 is 1.65 bits per heavy atom. The van der Waals surface area contributed by atoms with Crippen molar-refractivity contribution in [2.24, 2.45) is 0 Å². The van der Waals surface area contributed by atoms with Crippen molar-refractivity contribution < 1.29 is 14.6 Å². The molecule has 1 aromatic heterocycles. The van der Waals surface area contributed by atoms with Gasteiger partial charge in [-0.15, -0.1) is 0 Å². The van der Waals surface area contributed by atoms with E-state index in [9.17, 15) is 9.90 Å². The molecule has 3 N–H and O–H groups in total. The van der Waals surface area contributed by atoms with Crippen LogP contribution in [0.3, 0.4) is 0 Å². The normalized spacial score (nSPS) is 18.9. The van der Waals surface area contributed by atoms with E-state index < -0.39 is 5.54 Å². The SMILES string of the molecule is Cc1cc(C(=O)NC2(CO)CCOCC2)n[nH]1. The van der Waals surface area contributed by atoms with Gasteiger partial charge in [-0.25, -0.2) is 0 Å². The number of carbonyl (C=O) groups is 1. The lowest BCUT2D eigenvalue weighted by molar-refractivity contribution is 0.0124. The van der Waals surface area contributed by atoms with Crippen LogP contribution in [0.15, 0.2) is 6.07 Å². The van der Waals surface area contributed by atoms with Crippen LogP contribution in [0.2, 0.25) is 0 Å². The third kappa shape index (κ3) is 2.65. The van der Waals surface area contributed by atoms with E-state index in [1.54, 1.807) is 6.07 Å². The summed E-state index contributed by atoms with van der Waals surface area (Å²) < 4.78 is 5.23. The number of ether oxygens (including phenoxy) is 1. The molecular formula is C11H17N3O3. The fraction of sp³-hybridized carbons (Fsp3) is 0.636. The summed E-state index contributed by atoms with van der Waals surface area (Å²) in [4.78, 5) is 11.9. The number of H-pyrrole nitrogens is 1. The average Bonchev–Trinajstić information content (AvgIpc) is 2.77. The Morgan fingerprint density at radius 3 is 2.88 bits per heavy atom. The Hall–Kier alpha value is -1.40. The van der Waals surface area contributed by atoms with E-state index in [0.717, 1.165) is 5.69 Å². The van der Waals surface area contributed by atoms with Crippen LogP contribution in [0.5, 0.6) is 0 Å². The highest BCUT2D eigenvalue weighted by atomic mass is 16.5. The summed E-state index contributed by atoms with van der Waals surface area (Å²) >= 11 is 0. The van der Waals surface area contributed by atoms with Gasteiger partial charge in [-0.1, -0.05) is 0 Å². The Labute approximate surface area is 99.4 Å². The molecule has 1 aromatic rings. The number of hydrogen-bond acceptors (Lipinski definition) is 4. The number of aromatic amines is 1. The van der Waals surface area contributed by atoms with Crippen LogP contribution in [0.4, 0.5) is 0 Å². The van der Waals surface area contributed by atoms with E-state index in [2.05, 4.69) is 15.5 Å². The van der Waals surface area contributed by atoms with Crippen molar-refractivity contribution in [3.8, 4) is 0 Å². The molecule has 0 radical (unpaired) electrons. The first-order chi connectivity index (χ1) is 8.15. The van der Waals surface area contributed by atoms with Gasteiger partial charge in [-0.05, 0) is 25.8 Å². The monoisotopic (exact) mass is 239 g/mol. The molecule has 1 fully saturated rings. The van der Waals surface area contributed by atoms with E-state index in [-0.39, 0.29) is 12.5 Å². The van der Waals surface area contributed by atoms with Crippen LogP contribution >= 0.6 is 0 Å². The molecule has 0 saturated carbocycles. The number of carbonyl (C=O) groups excluding carboxylic acids is 1. The zero-order chi connectivity index (χ0) is 12.3. The van der Waals surface area contributed by atoms with Crippen LogP contribution in [0, 0.1) is 6.92 Å². The molecule has 0 aromatic carbocycles. The molecule has 2 rings (SSSR count). The molecule has 6 nitrogen and oxygen atoms in total. The molecule has 1 saturated heterocycles. The van der Waals surface area contributed by atoms with E-state index >= 15 is 0 Å². The summed E-state index contributed by atoms with van der Waals surface area (Å²) in [6.45, 7) is 2.87. The van der Waals surface area contributed by atoms with E-state index in [1.807, 2.05) is 6.92 Å². The second-order valence-electron chi connectivity index (χ2n) is 4.44. The topological polar surface area (TPSA) is 87.2 Å². The lowest BCUT2D eigenvalue weighted by Gasteiger charge is -2.36. The van der Waals surface area contributed by atoms with Crippen LogP contribution in [0.25, 0.3) is 0 Å². The number of aliphatic hydroxyl groups is 1. The molecule has 94 valence electrons. The van der Waals surface area contributed by atoms with Crippen molar-refractivity contribution in [1.82, 2.24) is 15.5 Å². The van der Waals surface area contributed by atoms with Gasteiger partial charge < -0.3 is 15.2 Å². The minimum Gasteiger partial charge on any atom is -0.394 e. The summed E-state index contributed by atoms with van der Waals surface area (Å²) in [7, 11) is 0. The molecule has 0 aliphatic carbocycles. The van der Waals surface area contributed by atoms with Gasteiger partial charge in [-0.2, -0.15) is 5.10 Å². The van der Waals surface area contributed by atoms with Crippen LogP contribution in [0.1, 0.15) is 29.0 Å². The number of amides is 1. The molecule has 0 bridgehead atoms. The molecule has 17 heavy (non-hydrogen) atoms. The van der Waals surface area contributed by atoms with Gasteiger partial charge in [0.15, 0.2) is 0 Å². The summed E-state index contributed by atoms with van der Waals surface area (Å²) in [6.07, 6.45) is 1.25. The molecule has 1 aliphatic heterocycles. The predicted octanol–water partition coefficient (Wildman–Crippen LogP) is -0.0106. The quantitative estimate of drug-likeness (QED) is 0.692. The van der Waals surface area contributed by atoms with Crippen molar-refractivity contribution in [3.05, 3.63) is 17.5 Å². The minimum absolute atomic E-state index is 0.0779. The van der Waals surface area contributed by atoms with Gasteiger partial charge in [0.05, 0.1) is 12.1 Å². The molecule has 0 spiro atoms. The molecule has 1 amide bonds. The summed E-state index contributed by atoms with van der Waals surface area (Å²) in [5.74, 6) is -0.259. The van der Waals surface area contributed by atoms with Crippen molar-refractivity contribution in [2.45, 2.75) is 25.3 Å². The second kappa shape index (κ2) is 4.85. The lowest BCUT2D eigenvalue weighted by atomic mass is 9.91. The van der Waals surface area contributed by atoms with Crippen molar-refractivity contribution in [2.75, 3.05) is 19.8 Å². The summed E-state index contributed by atoms with van der Waals surface area (Å²) in [5, 5.41) is 18.9. The maximum absolute atomic E-state index is 11.9. The molecule has 1 aliphatic rings. The zero-order valence-electron chi connectivity index (χ0n) is 9.82. The predicted molar refractivity (Wildman–Crippen MR) is 60.7 cm³/mol. The Bertz CT molecular complexity index is 396. The Kier molecular flexibility index (Phi) is 3.44. The first-order valence-electron chi connectivity index (χ1n) is 5.68. The maximum Gasteiger partial charge on any atom is 0.272 e. The fourth-order valence-corrected chi connectivity index (χ4v) is 1.92.